The van der Waals surface area contributed by atoms with Crippen LogP contribution in [0.25, 0.3) is 0 Å². The smallest absolute Gasteiger partial charge is 0.216 e. The summed E-state index contributed by atoms with van der Waals surface area (Å²) in [5.74, 6) is 0.630. The Morgan fingerprint density at radius 1 is 1.50 bits per heavy atom. The Kier molecular flexibility index (Phi) is 2.37. The average molecular weight is 193 g/mol. The number of hydrogen-bond donors (Lipinski definition) is 1. The van der Waals surface area contributed by atoms with Crippen LogP contribution in [0.5, 0.6) is 5.88 Å². The van der Waals surface area contributed by atoms with Crippen LogP contribution in [-0.4, -0.2) is 23.6 Å². The van der Waals surface area contributed by atoms with Crippen molar-refractivity contribution >= 4 is 0 Å². The van der Waals surface area contributed by atoms with E-state index in [-0.39, 0.29) is 5.54 Å². The summed E-state index contributed by atoms with van der Waals surface area (Å²) in [6.07, 6.45) is 3.87. The van der Waals surface area contributed by atoms with E-state index in [2.05, 4.69) is 22.2 Å². The zero-order valence-corrected chi connectivity index (χ0v) is 8.58. The summed E-state index contributed by atoms with van der Waals surface area (Å²) < 4.78 is 5.08. The van der Waals surface area contributed by atoms with Gasteiger partial charge < -0.3 is 10.1 Å². The molecule has 1 unspecified atom stereocenters. The van der Waals surface area contributed by atoms with E-state index in [0.717, 1.165) is 18.7 Å². The highest BCUT2D eigenvalue weighted by molar-refractivity contribution is 5.21. The quantitative estimate of drug-likeness (QED) is 0.763. The molecule has 1 aliphatic heterocycles. The molecule has 1 fully saturated rings. The van der Waals surface area contributed by atoms with Gasteiger partial charge in [0.05, 0.1) is 18.3 Å². The van der Waals surface area contributed by atoms with Gasteiger partial charge in [-0.1, -0.05) is 0 Å². The number of nitrogens with zero attached hydrogens (tertiary/aromatic N) is 2. The SMILES string of the molecule is COc1cc(C2(C)CCCN2)ncn1. The van der Waals surface area contributed by atoms with Crippen molar-refractivity contribution in [1.29, 1.82) is 0 Å². The van der Waals surface area contributed by atoms with Gasteiger partial charge in [-0.05, 0) is 26.3 Å². The summed E-state index contributed by atoms with van der Waals surface area (Å²) in [6, 6.07) is 1.90. The second-order valence-electron chi connectivity index (χ2n) is 3.81. The Bertz CT molecular complexity index is 321. The Morgan fingerprint density at radius 2 is 2.36 bits per heavy atom. The van der Waals surface area contributed by atoms with Crippen LogP contribution in [0.15, 0.2) is 12.4 Å². The highest BCUT2D eigenvalue weighted by Gasteiger charge is 2.31. The predicted molar refractivity (Wildman–Crippen MR) is 53.2 cm³/mol. The fourth-order valence-corrected chi connectivity index (χ4v) is 1.87. The van der Waals surface area contributed by atoms with Crippen LogP contribution in [0.4, 0.5) is 0 Å². The highest BCUT2D eigenvalue weighted by Crippen LogP contribution is 2.29. The van der Waals surface area contributed by atoms with Gasteiger partial charge in [0.15, 0.2) is 0 Å². The minimum absolute atomic E-state index is 0.00375. The molecule has 0 aromatic carbocycles. The molecule has 0 radical (unpaired) electrons. The first kappa shape index (κ1) is 9.40. The van der Waals surface area contributed by atoms with Crippen LogP contribution in [0.1, 0.15) is 25.5 Å². The lowest BCUT2D eigenvalue weighted by Crippen LogP contribution is -2.34. The van der Waals surface area contributed by atoms with Crippen molar-refractivity contribution in [3.05, 3.63) is 18.1 Å². The third-order valence-electron chi connectivity index (χ3n) is 2.79. The molecule has 1 aromatic rings. The van der Waals surface area contributed by atoms with E-state index in [0.29, 0.717) is 5.88 Å². The van der Waals surface area contributed by atoms with E-state index < -0.39 is 0 Å². The molecule has 2 rings (SSSR count). The standard InChI is InChI=1S/C10H15N3O/c1-10(4-3-5-13-10)8-6-9(14-2)12-7-11-8/h6-7,13H,3-5H2,1-2H3. The molecule has 1 N–H and O–H groups in total. The molecule has 0 spiro atoms. The minimum Gasteiger partial charge on any atom is -0.481 e. The number of methoxy groups -OCH3 is 1. The van der Waals surface area contributed by atoms with Crippen molar-refractivity contribution in [1.82, 2.24) is 15.3 Å². The van der Waals surface area contributed by atoms with Gasteiger partial charge in [-0.2, -0.15) is 0 Å². The summed E-state index contributed by atoms with van der Waals surface area (Å²) in [4.78, 5) is 8.29. The van der Waals surface area contributed by atoms with E-state index in [9.17, 15) is 0 Å². The van der Waals surface area contributed by atoms with Crippen molar-refractivity contribution in [2.45, 2.75) is 25.3 Å². The van der Waals surface area contributed by atoms with Gasteiger partial charge in [0.2, 0.25) is 5.88 Å². The predicted octanol–water partition coefficient (Wildman–Crippen LogP) is 1.08. The van der Waals surface area contributed by atoms with Gasteiger partial charge >= 0.3 is 0 Å². The van der Waals surface area contributed by atoms with E-state index in [1.165, 1.54) is 6.42 Å². The largest absolute Gasteiger partial charge is 0.481 e. The maximum absolute atomic E-state index is 5.08. The number of rotatable bonds is 2. The lowest BCUT2D eigenvalue weighted by molar-refractivity contribution is 0.383. The number of aromatic nitrogens is 2. The topological polar surface area (TPSA) is 47.0 Å². The van der Waals surface area contributed by atoms with Crippen LogP contribution in [-0.2, 0) is 5.54 Å². The zero-order valence-electron chi connectivity index (χ0n) is 8.58. The highest BCUT2D eigenvalue weighted by atomic mass is 16.5. The van der Waals surface area contributed by atoms with Crippen molar-refractivity contribution < 1.29 is 4.74 Å². The summed E-state index contributed by atoms with van der Waals surface area (Å²) in [5.41, 5.74) is 1.01. The summed E-state index contributed by atoms with van der Waals surface area (Å²) >= 11 is 0. The van der Waals surface area contributed by atoms with Gasteiger partial charge in [-0.25, -0.2) is 9.97 Å². The third kappa shape index (κ3) is 1.57. The molecule has 2 heterocycles. The summed E-state index contributed by atoms with van der Waals surface area (Å²) in [6.45, 7) is 3.23. The average Bonchev–Trinajstić information content (AvgIpc) is 2.67. The van der Waals surface area contributed by atoms with E-state index >= 15 is 0 Å². The van der Waals surface area contributed by atoms with E-state index in [4.69, 9.17) is 4.74 Å². The molecule has 1 atom stereocenters. The van der Waals surface area contributed by atoms with Crippen molar-refractivity contribution in [3.63, 3.8) is 0 Å². The molecule has 0 bridgehead atoms. The Morgan fingerprint density at radius 3 is 3.00 bits per heavy atom. The van der Waals surface area contributed by atoms with Crippen LogP contribution in [0.2, 0.25) is 0 Å². The van der Waals surface area contributed by atoms with Crippen LogP contribution < -0.4 is 10.1 Å². The molecule has 14 heavy (non-hydrogen) atoms. The summed E-state index contributed by atoms with van der Waals surface area (Å²) in [5, 5.41) is 3.45. The second kappa shape index (κ2) is 3.53. The molecule has 1 aliphatic rings. The minimum atomic E-state index is -0.00375. The molecule has 4 heteroatoms. The maximum Gasteiger partial charge on any atom is 0.216 e. The van der Waals surface area contributed by atoms with E-state index in [1.807, 2.05) is 6.07 Å². The molecular weight excluding hydrogens is 178 g/mol. The Balaban J connectivity index is 2.30. The van der Waals surface area contributed by atoms with E-state index in [1.54, 1.807) is 13.4 Å². The molecule has 4 nitrogen and oxygen atoms in total. The first-order valence-corrected chi connectivity index (χ1v) is 4.86. The molecule has 0 saturated carbocycles. The first-order valence-electron chi connectivity index (χ1n) is 4.86. The number of ether oxygens (including phenoxy) is 1. The molecule has 76 valence electrons. The van der Waals surface area contributed by atoms with Gasteiger partial charge in [-0.15, -0.1) is 0 Å². The summed E-state index contributed by atoms with van der Waals surface area (Å²) in [7, 11) is 1.62. The maximum atomic E-state index is 5.08. The van der Waals surface area contributed by atoms with Gasteiger partial charge in [0.25, 0.3) is 0 Å². The Hall–Kier alpha value is -1.16. The molecule has 1 saturated heterocycles. The second-order valence-corrected chi connectivity index (χ2v) is 3.81. The molecule has 1 aromatic heterocycles. The zero-order chi connectivity index (χ0) is 10.0. The van der Waals surface area contributed by atoms with Crippen molar-refractivity contribution in [2.75, 3.05) is 13.7 Å². The lowest BCUT2D eigenvalue weighted by Gasteiger charge is -2.23. The van der Waals surface area contributed by atoms with Gasteiger partial charge in [0, 0.05) is 6.07 Å². The van der Waals surface area contributed by atoms with Gasteiger partial charge in [0.1, 0.15) is 6.33 Å². The van der Waals surface area contributed by atoms with Crippen LogP contribution in [0, 0.1) is 0 Å². The third-order valence-corrected chi connectivity index (χ3v) is 2.79. The normalized spacial score (nSPS) is 26.4. The fraction of sp³-hybridized carbons (Fsp3) is 0.600. The fourth-order valence-electron chi connectivity index (χ4n) is 1.87. The molecule has 0 aliphatic carbocycles. The molecule has 0 amide bonds. The molecular formula is C10H15N3O. The Labute approximate surface area is 83.7 Å². The lowest BCUT2D eigenvalue weighted by atomic mass is 9.96. The van der Waals surface area contributed by atoms with Crippen LogP contribution in [0.3, 0.4) is 0 Å². The number of nitrogens with one attached hydrogen (secondary N) is 1. The van der Waals surface area contributed by atoms with Gasteiger partial charge in [-0.3, -0.25) is 0 Å². The number of hydrogen-bond acceptors (Lipinski definition) is 4. The first-order chi connectivity index (χ1) is 6.74. The van der Waals surface area contributed by atoms with Crippen molar-refractivity contribution in [2.24, 2.45) is 0 Å². The monoisotopic (exact) mass is 193 g/mol. The van der Waals surface area contributed by atoms with Crippen molar-refractivity contribution in [3.8, 4) is 5.88 Å². The van der Waals surface area contributed by atoms with Crippen LogP contribution >= 0.6 is 0 Å².